The molecule has 0 saturated carbocycles. The van der Waals surface area contributed by atoms with E-state index in [0.29, 0.717) is 16.7 Å². The van der Waals surface area contributed by atoms with Crippen molar-refractivity contribution >= 4 is 27.9 Å². The summed E-state index contributed by atoms with van der Waals surface area (Å²) >= 11 is 5.24. The Balaban J connectivity index is 2.74. The monoisotopic (exact) mass is 197 g/mol. The molecule has 13 heavy (non-hydrogen) atoms. The Bertz CT molecular complexity index is 525. The van der Waals surface area contributed by atoms with Gasteiger partial charge in [-0.1, -0.05) is 0 Å². The minimum absolute atomic E-state index is 0.303. The van der Waals surface area contributed by atoms with Crippen LogP contribution in [0.1, 0.15) is 10.4 Å². The first-order valence-electron chi connectivity index (χ1n) is 3.49. The summed E-state index contributed by atoms with van der Waals surface area (Å²) in [5.74, 6) is -0.547. The standard InChI is InChI=1S/C8H4ClNO3/c9-7(11)4-1-2-5-6(3-4)13-8(12)10-5/h1-3H,(H,10,12). The normalized spacial score (nSPS) is 10.5. The number of benzene rings is 1. The summed E-state index contributed by atoms with van der Waals surface area (Å²) in [6.07, 6.45) is 0. The number of carbonyl (C=O) groups excluding carboxylic acids is 1. The predicted molar refractivity (Wildman–Crippen MR) is 47.0 cm³/mol. The van der Waals surface area contributed by atoms with Crippen LogP contribution >= 0.6 is 11.6 Å². The van der Waals surface area contributed by atoms with Crippen LogP contribution in [0.5, 0.6) is 0 Å². The average Bonchev–Trinajstić information content (AvgIpc) is 2.42. The van der Waals surface area contributed by atoms with Crippen LogP contribution in [0, 0.1) is 0 Å². The fraction of sp³-hybridized carbons (Fsp3) is 0. The second-order valence-electron chi connectivity index (χ2n) is 2.50. The van der Waals surface area contributed by atoms with Crippen molar-refractivity contribution < 1.29 is 9.21 Å². The van der Waals surface area contributed by atoms with Gasteiger partial charge in [0.05, 0.1) is 5.52 Å². The highest BCUT2D eigenvalue weighted by molar-refractivity contribution is 6.67. The van der Waals surface area contributed by atoms with E-state index >= 15 is 0 Å². The van der Waals surface area contributed by atoms with E-state index in [4.69, 9.17) is 16.0 Å². The summed E-state index contributed by atoms with van der Waals surface area (Å²) < 4.78 is 4.74. The smallest absolute Gasteiger partial charge is 0.408 e. The maximum Gasteiger partial charge on any atom is 0.417 e. The summed E-state index contributed by atoms with van der Waals surface area (Å²) in [7, 11) is 0. The molecule has 0 amide bonds. The van der Waals surface area contributed by atoms with Gasteiger partial charge in [-0.05, 0) is 29.8 Å². The quantitative estimate of drug-likeness (QED) is 0.705. The number of hydrogen-bond donors (Lipinski definition) is 1. The zero-order valence-electron chi connectivity index (χ0n) is 6.33. The van der Waals surface area contributed by atoms with E-state index in [2.05, 4.69) is 4.98 Å². The number of hydrogen-bond acceptors (Lipinski definition) is 3. The third-order valence-electron chi connectivity index (χ3n) is 1.65. The van der Waals surface area contributed by atoms with Gasteiger partial charge in [0.2, 0.25) is 0 Å². The van der Waals surface area contributed by atoms with E-state index < -0.39 is 11.0 Å². The largest absolute Gasteiger partial charge is 0.417 e. The molecule has 4 nitrogen and oxygen atoms in total. The van der Waals surface area contributed by atoms with Gasteiger partial charge in [-0.2, -0.15) is 0 Å². The van der Waals surface area contributed by atoms with Crippen LogP contribution in [-0.2, 0) is 0 Å². The molecule has 1 heterocycles. The molecule has 66 valence electrons. The van der Waals surface area contributed by atoms with Crippen molar-refractivity contribution in [3.63, 3.8) is 0 Å². The van der Waals surface area contributed by atoms with Gasteiger partial charge >= 0.3 is 5.76 Å². The number of halogens is 1. The molecular formula is C8H4ClNO3. The van der Waals surface area contributed by atoms with E-state index in [9.17, 15) is 9.59 Å². The number of nitrogens with one attached hydrogen (secondary N) is 1. The molecule has 0 fully saturated rings. The number of carbonyl (C=O) groups is 1. The molecule has 0 spiro atoms. The van der Waals surface area contributed by atoms with Crippen LogP contribution < -0.4 is 5.76 Å². The van der Waals surface area contributed by atoms with Gasteiger partial charge in [0.1, 0.15) is 0 Å². The number of aromatic amines is 1. The summed E-state index contributed by atoms with van der Waals surface area (Å²) in [5.41, 5.74) is 1.18. The maximum atomic E-state index is 10.7. The molecule has 0 unspecified atom stereocenters. The van der Waals surface area contributed by atoms with Gasteiger partial charge in [-0.25, -0.2) is 4.79 Å². The Hall–Kier alpha value is -1.55. The molecule has 0 radical (unpaired) electrons. The van der Waals surface area contributed by atoms with Crippen LogP contribution in [0.15, 0.2) is 27.4 Å². The molecule has 1 aromatic heterocycles. The molecule has 0 saturated heterocycles. The van der Waals surface area contributed by atoms with Crippen molar-refractivity contribution in [3.8, 4) is 0 Å². The molecule has 0 atom stereocenters. The van der Waals surface area contributed by atoms with Gasteiger partial charge in [0.25, 0.3) is 5.24 Å². The van der Waals surface area contributed by atoms with Crippen LogP contribution in [0.2, 0.25) is 0 Å². The summed E-state index contributed by atoms with van der Waals surface area (Å²) in [5, 5.41) is -0.578. The predicted octanol–water partition coefficient (Wildman–Crippen LogP) is 1.50. The lowest BCUT2D eigenvalue weighted by atomic mass is 10.2. The van der Waals surface area contributed by atoms with Crippen molar-refractivity contribution in [1.82, 2.24) is 4.98 Å². The highest BCUT2D eigenvalue weighted by Crippen LogP contribution is 2.13. The van der Waals surface area contributed by atoms with Crippen molar-refractivity contribution in [1.29, 1.82) is 0 Å². The van der Waals surface area contributed by atoms with Gasteiger partial charge in [-0.3, -0.25) is 9.78 Å². The molecule has 2 aromatic rings. The van der Waals surface area contributed by atoms with Gasteiger partial charge in [0.15, 0.2) is 5.58 Å². The van der Waals surface area contributed by atoms with E-state index in [0.717, 1.165) is 0 Å². The first-order chi connectivity index (χ1) is 6.16. The lowest BCUT2D eigenvalue weighted by molar-refractivity contribution is 0.108. The van der Waals surface area contributed by atoms with Gasteiger partial charge < -0.3 is 4.42 Å². The Kier molecular flexibility index (Phi) is 1.70. The maximum absolute atomic E-state index is 10.7. The molecular weight excluding hydrogens is 194 g/mol. The summed E-state index contributed by atoms with van der Waals surface area (Å²) in [4.78, 5) is 23.9. The van der Waals surface area contributed by atoms with E-state index in [1.807, 2.05) is 0 Å². The van der Waals surface area contributed by atoms with Crippen molar-refractivity contribution in [3.05, 3.63) is 34.3 Å². The molecule has 5 heteroatoms. The minimum atomic E-state index is -0.578. The fourth-order valence-electron chi connectivity index (χ4n) is 1.07. The molecule has 1 aromatic carbocycles. The summed E-state index contributed by atoms with van der Waals surface area (Å²) in [6, 6.07) is 4.50. The lowest BCUT2D eigenvalue weighted by Gasteiger charge is -1.90. The fourth-order valence-corrected chi connectivity index (χ4v) is 1.19. The highest BCUT2D eigenvalue weighted by atomic mass is 35.5. The Labute approximate surface area is 77.1 Å². The molecule has 0 bridgehead atoms. The molecule has 2 rings (SSSR count). The highest BCUT2D eigenvalue weighted by Gasteiger charge is 2.05. The topological polar surface area (TPSA) is 63.1 Å². The molecule has 0 aliphatic heterocycles. The van der Waals surface area contributed by atoms with E-state index in [1.54, 1.807) is 6.07 Å². The Morgan fingerprint density at radius 1 is 1.46 bits per heavy atom. The van der Waals surface area contributed by atoms with Crippen molar-refractivity contribution in [2.45, 2.75) is 0 Å². The zero-order chi connectivity index (χ0) is 9.42. The zero-order valence-corrected chi connectivity index (χ0v) is 7.09. The van der Waals surface area contributed by atoms with Crippen LogP contribution in [-0.4, -0.2) is 10.2 Å². The Morgan fingerprint density at radius 2 is 2.23 bits per heavy atom. The van der Waals surface area contributed by atoms with Gasteiger partial charge in [0, 0.05) is 5.56 Å². The van der Waals surface area contributed by atoms with Crippen LogP contribution in [0.3, 0.4) is 0 Å². The SMILES string of the molecule is O=C(Cl)c1ccc2[nH]c(=O)oc2c1. The van der Waals surface area contributed by atoms with Gasteiger partial charge in [-0.15, -0.1) is 0 Å². The number of oxazole rings is 1. The minimum Gasteiger partial charge on any atom is -0.408 e. The number of aromatic nitrogens is 1. The van der Waals surface area contributed by atoms with E-state index in [1.165, 1.54) is 12.1 Å². The molecule has 0 aliphatic carbocycles. The first-order valence-corrected chi connectivity index (χ1v) is 3.87. The molecule has 1 N–H and O–H groups in total. The lowest BCUT2D eigenvalue weighted by Crippen LogP contribution is -1.92. The number of rotatable bonds is 1. The third kappa shape index (κ3) is 1.36. The number of fused-ring (bicyclic) bond motifs is 1. The van der Waals surface area contributed by atoms with Crippen molar-refractivity contribution in [2.24, 2.45) is 0 Å². The average molecular weight is 198 g/mol. The Morgan fingerprint density at radius 3 is 2.92 bits per heavy atom. The summed E-state index contributed by atoms with van der Waals surface area (Å²) in [6.45, 7) is 0. The van der Waals surface area contributed by atoms with E-state index in [-0.39, 0.29) is 0 Å². The molecule has 0 aliphatic rings. The van der Waals surface area contributed by atoms with Crippen LogP contribution in [0.4, 0.5) is 0 Å². The third-order valence-corrected chi connectivity index (χ3v) is 1.87. The van der Waals surface area contributed by atoms with Crippen LogP contribution in [0.25, 0.3) is 11.1 Å². The second kappa shape index (κ2) is 2.74. The van der Waals surface area contributed by atoms with Crippen molar-refractivity contribution in [2.75, 3.05) is 0 Å². The first kappa shape index (κ1) is 8.07. The second-order valence-corrected chi connectivity index (χ2v) is 2.84. The number of H-pyrrole nitrogens is 1.